The number of carbonyl (C=O) groups is 1. The first-order chi connectivity index (χ1) is 9.47. The molecule has 0 fully saturated rings. The normalized spacial score (nSPS) is 10.6. The quantitative estimate of drug-likeness (QED) is 0.809. The summed E-state index contributed by atoms with van der Waals surface area (Å²) in [6, 6.07) is 0.863. The van der Waals surface area contributed by atoms with E-state index in [1.807, 2.05) is 0 Å². The highest BCUT2D eigenvalue weighted by atomic mass is 19.1. The molecule has 0 unspecified atom stereocenters. The Morgan fingerprint density at radius 1 is 1.30 bits per heavy atom. The van der Waals surface area contributed by atoms with Crippen LogP contribution in [0.15, 0.2) is 24.5 Å². The molecular formula is C13H11F3N2O2. The molecule has 0 saturated carbocycles. The number of carbonyl (C=O) groups excluding carboxylic acids is 1. The molecule has 1 heterocycles. The molecule has 2 aromatic rings. The van der Waals surface area contributed by atoms with Crippen LogP contribution in [0, 0.1) is 17.5 Å². The number of esters is 1. The lowest BCUT2D eigenvalue weighted by Gasteiger charge is -2.06. The molecule has 0 atom stereocenters. The van der Waals surface area contributed by atoms with Gasteiger partial charge in [-0.3, -0.25) is 4.68 Å². The third-order valence-corrected chi connectivity index (χ3v) is 2.59. The number of rotatable bonds is 4. The molecule has 0 aliphatic heterocycles. The fourth-order valence-electron chi connectivity index (χ4n) is 1.67. The van der Waals surface area contributed by atoms with E-state index in [2.05, 4.69) is 5.10 Å². The summed E-state index contributed by atoms with van der Waals surface area (Å²) in [5.41, 5.74) is -0.0714. The Morgan fingerprint density at radius 3 is 2.50 bits per heavy atom. The van der Waals surface area contributed by atoms with Gasteiger partial charge in [0, 0.05) is 31.8 Å². The zero-order valence-corrected chi connectivity index (χ0v) is 10.6. The van der Waals surface area contributed by atoms with Crippen LogP contribution in [-0.4, -0.2) is 22.4 Å². The van der Waals surface area contributed by atoms with Gasteiger partial charge in [0.05, 0.1) is 12.8 Å². The molecule has 0 spiro atoms. The summed E-state index contributed by atoms with van der Waals surface area (Å²) in [5.74, 6) is -4.82. The lowest BCUT2D eigenvalue weighted by Crippen LogP contribution is -2.12. The SMILES string of the molecule is Cn1cc(CCOC(=O)c2c(F)cc(F)cc2F)cn1. The molecule has 0 amide bonds. The van der Waals surface area contributed by atoms with E-state index < -0.39 is 29.0 Å². The number of benzene rings is 1. The molecule has 1 aromatic heterocycles. The monoisotopic (exact) mass is 284 g/mol. The Hall–Kier alpha value is -2.31. The van der Waals surface area contributed by atoms with Crippen molar-refractivity contribution in [3.05, 3.63) is 53.1 Å². The average molecular weight is 284 g/mol. The van der Waals surface area contributed by atoms with E-state index in [1.165, 1.54) is 0 Å². The van der Waals surface area contributed by atoms with Gasteiger partial charge in [0.1, 0.15) is 23.0 Å². The fourth-order valence-corrected chi connectivity index (χ4v) is 1.67. The average Bonchev–Trinajstić information content (AvgIpc) is 2.73. The second-order valence-electron chi connectivity index (χ2n) is 4.15. The largest absolute Gasteiger partial charge is 0.462 e. The van der Waals surface area contributed by atoms with Crippen molar-refractivity contribution >= 4 is 5.97 Å². The maximum Gasteiger partial charge on any atom is 0.344 e. The highest BCUT2D eigenvalue weighted by Gasteiger charge is 2.20. The summed E-state index contributed by atoms with van der Waals surface area (Å²) >= 11 is 0. The third kappa shape index (κ3) is 3.17. The first-order valence-corrected chi connectivity index (χ1v) is 5.76. The van der Waals surface area contributed by atoms with Crippen LogP contribution in [0.3, 0.4) is 0 Å². The summed E-state index contributed by atoms with van der Waals surface area (Å²) < 4.78 is 45.7. The van der Waals surface area contributed by atoms with Gasteiger partial charge in [-0.15, -0.1) is 0 Å². The molecule has 0 radical (unpaired) electrons. The van der Waals surface area contributed by atoms with Crippen molar-refractivity contribution in [2.24, 2.45) is 7.05 Å². The lowest BCUT2D eigenvalue weighted by atomic mass is 10.2. The van der Waals surface area contributed by atoms with E-state index in [-0.39, 0.29) is 6.61 Å². The topological polar surface area (TPSA) is 44.1 Å². The van der Waals surface area contributed by atoms with Crippen molar-refractivity contribution < 1.29 is 22.7 Å². The van der Waals surface area contributed by atoms with Crippen LogP contribution < -0.4 is 0 Å². The highest BCUT2D eigenvalue weighted by Crippen LogP contribution is 2.16. The smallest absolute Gasteiger partial charge is 0.344 e. The van der Waals surface area contributed by atoms with Crippen molar-refractivity contribution in [3.63, 3.8) is 0 Å². The van der Waals surface area contributed by atoms with Crippen molar-refractivity contribution in [2.75, 3.05) is 6.61 Å². The lowest BCUT2D eigenvalue weighted by molar-refractivity contribution is 0.0498. The predicted molar refractivity (Wildman–Crippen MR) is 63.5 cm³/mol. The number of hydrogen-bond acceptors (Lipinski definition) is 3. The molecule has 0 saturated heterocycles. The zero-order valence-electron chi connectivity index (χ0n) is 10.6. The second kappa shape index (κ2) is 5.77. The Bertz CT molecular complexity index is 617. The molecule has 0 N–H and O–H groups in total. The Balaban J connectivity index is 1.98. The number of nitrogens with zero attached hydrogens (tertiary/aromatic N) is 2. The second-order valence-corrected chi connectivity index (χ2v) is 4.15. The molecule has 4 nitrogen and oxygen atoms in total. The van der Waals surface area contributed by atoms with Crippen LogP contribution in [-0.2, 0) is 18.2 Å². The first-order valence-electron chi connectivity index (χ1n) is 5.76. The standard InChI is InChI=1S/C13H11F3N2O2/c1-18-7-8(6-17-18)2-3-20-13(19)12-10(15)4-9(14)5-11(12)16/h4-7H,2-3H2,1H3. The van der Waals surface area contributed by atoms with Crippen LogP contribution in [0.4, 0.5) is 13.2 Å². The number of ether oxygens (including phenoxy) is 1. The van der Waals surface area contributed by atoms with Crippen molar-refractivity contribution in [3.8, 4) is 0 Å². The predicted octanol–water partition coefficient (Wildman–Crippen LogP) is 2.24. The van der Waals surface area contributed by atoms with Gasteiger partial charge in [-0.25, -0.2) is 18.0 Å². The summed E-state index contributed by atoms with van der Waals surface area (Å²) in [5, 5.41) is 3.92. The van der Waals surface area contributed by atoms with Gasteiger partial charge in [0.2, 0.25) is 0 Å². The summed E-state index contributed by atoms with van der Waals surface area (Å²) in [6.45, 7) is -0.0548. The Kier molecular flexibility index (Phi) is 4.07. The number of hydrogen-bond donors (Lipinski definition) is 0. The molecule has 2 rings (SSSR count). The van der Waals surface area contributed by atoms with E-state index in [0.29, 0.717) is 18.6 Å². The summed E-state index contributed by atoms with van der Waals surface area (Å²) in [6.07, 6.45) is 3.68. The van der Waals surface area contributed by atoms with Crippen molar-refractivity contribution in [2.45, 2.75) is 6.42 Å². The van der Waals surface area contributed by atoms with Crippen molar-refractivity contribution in [1.82, 2.24) is 9.78 Å². The van der Waals surface area contributed by atoms with Gasteiger partial charge in [-0.1, -0.05) is 0 Å². The molecule has 0 aliphatic carbocycles. The van der Waals surface area contributed by atoms with Crippen molar-refractivity contribution in [1.29, 1.82) is 0 Å². The molecular weight excluding hydrogens is 273 g/mol. The number of halogens is 3. The van der Waals surface area contributed by atoms with Crippen LogP contribution in [0.25, 0.3) is 0 Å². The van der Waals surface area contributed by atoms with E-state index in [4.69, 9.17) is 4.74 Å². The number of aryl methyl sites for hydroxylation is 1. The van der Waals surface area contributed by atoms with E-state index in [0.717, 1.165) is 5.56 Å². The first kappa shape index (κ1) is 14.1. The molecule has 20 heavy (non-hydrogen) atoms. The maximum atomic E-state index is 13.3. The van der Waals surface area contributed by atoms with Gasteiger partial charge in [0.25, 0.3) is 0 Å². The minimum Gasteiger partial charge on any atom is -0.462 e. The van der Waals surface area contributed by atoms with Crippen LogP contribution >= 0.6 is 0 Å². The highest BCUT2D eigenvalue weighted by molar-refractivity contribution is 5.90. The summed E-state index contributed by atoms with van der Waals surface area (Å²) in [4.78, 5) is 11.5. The van der Waals surface area contributed by atoms with E-state index >= 15 is 0 Å². The van der Waals surface area contributed by atoms with Gasteiger partial charge in [-0.05, 0) is 5.56 Å². The van der Waals surface area contributed by atoms with Gasteiger partial charge in [0.15, 0.2) is 0 Å². The van der Waals surface area contributed by atoms with E-state index in [9.17, 15) is 18.0 Å². The van der Waals surface area contributed by atoms with Gasteiger partial charge < -0.3 is 4.74 Å². The maximum absolute atomic E-state index is 13.3. The molecule has 0 bridgehead atoms. The van der Waals surface area contributed by atoms with Crippen LogP contribution in [0.1, 0.15) is 15.9 Å². The number of aromatic nitrogens is 2. The van der Waals surface area contributed by atoms with Gasteiger partial charge in [-0.2, -0.15) is 5.10 Å². The molecule has 106 valence electrons. The molecule has 0 aliphatic rings. The summed E-state index contributed by atoms with van der Waals surface area (Å²) in [7, 11) is 1.73. The minimum absolute atomic E-state index is 0.0548. The minimum atomic E-state index is -1.28. The Labute approximate surface area is 112 Å². The zero-order chi connectivity index (χ0) is 14.7. The Morgan fingerprint density at radius 2 is 1.95 bits per heavy atom. The molecule has 1 aromatic carbocycles. The third-order valence-electron chi connectivity index (χ3n) is 2.59. The van der Waals surface area contributed by atoms with E-state index in [1.54, 1.807) is 24.1 Å². The van der Waals surface area contributed by atoms with Crippen LogP contribution in [0.2, 0.25) is 0 Å². The fraction of sp³-hybridized carbons (Fsp3) is 0.231. The molecule has 7 heteroatoms. The van der Waals surface area contributed by atoms with Gasteiger partial charge >= 0.3 is 5.97 Å². The van der Waals surface area contributed by atoms with Crippen LogP contribution in [0.5, 0.6) is 0 Å².